The summed E-state index contributed by atoms with van der Waals surface area (Å²) in [6.45, 7) is 3.78. The first-order valence-corrected chi connectivity index (χ1v) is 5.14. The number of carbonyl (C=O) groups excluding carboxylic acids is 1. The highest BCUT2D eigenvalue weighted by Gasteiger charge is 2.11. The molecule has 2 atom stereocenters. The van der Waals surface area contributed by atoms with Crippen LogP contribution in [0.15, 0.2) is 12.4 Å². The number of carbonyl (C=O) groups is 1. The summed E-state index contributed by atoms with van der Waals surface area (Å²) in [5, 5.41) is 2.85. The molecule has 0 radical (unpaired) electrons. The van der Waals surface area contributed by atoms with Crippen molar-refractivity contribution in [2.45, 2.75) is 38.8 Å². The molecule has 0 fully saturated rings. The van der Waals surface area contributed by atoms with Crippen LogP contribution in [0.2, 0.25) is 0 Å². The minimum atomic E-state index is -0.0828. The normalized spacial score (nSPS) is 14.6. The second kappa shape index (κ2) is 5.50. The van der Waals surface area contributed by atoms with Crippen LogP contribution in [0.4, 0.5) is 0 Å². The highest BCUT2D eigenvalue weighted by Crippen LogP contribution is 2.05. The van der Waals surface area contributed by atoms with Gasteiger partial charge in [-0.3, -0.25) is 4.79 Å². The molecule has 0 saturated carbocycles. The number of H-pyrrole nitrogens is 1. The van der Waals surface area contributed by atoms with Gasteiger partial charge in [0.1, 0.15) is 5.82 Å². The Bertz CT molecular complexity index is 294. The Hall–Kier alpha value is -1.36. The van der Waals surface area contributed by atoms with Crippen molar-refractivity contribution in [3.63, 3.8) is 0 Å². The lowest BCUT2D eigenvalue weighted by molar-refractivity contribution is -0.121. The first-order chi connectivity index (χ1) is 7.09. The van der Waals surface area contributed by atoms with Gasteiger partial charge in [0.2, 0.25) is 5.91 Å². The number of hydrogen-bond donors (Lipinski definition) is 3. The minimum absolute atomic E-state index is 0.0104. The fourth-order valence-corrected chi connectivity index (χ4v) is 1.26. The maximum Gasteiger partial charge on any atom is 0.220 e. The van der Waals surface area contributed by atoms with Crippen LogP contribution in [0.25, 0.3) is 0 Å². The summed E-state index contributed by atoms with van der Waals surface area (Å²) in [6, 6.07) is -0.0183. The van der Waals surface area contributed by atoms with Gasteiger partial charge in [-0.15, -0.1) is 0 Å². The molecule has 5 heteroatoms. The van der Waals surface area contributed by atoms with Gasteiger partial charge in [0.15, 0.2) is 0 Å². The van der Waals surface area contributed by atoms with Crippen molar-refractivity contribution in [2.75, 3.05) is 0 Å². The molecule has 2 unspecified atom stereocenters. The number of aromatic nitrogens is 2. The first-order valence-electron chi connectivity index (χ1n) is 5.14. The Morgan fingerprint density at radius 1 is 1.67 bits per heavy atom. The molecule has 1 heterocycles. The summed E-state index contributed by atoms with van der Waals surface area (Å²) in [5.74, 6) is 0.778. The zero-order valence-electron chi connectivity index (χ0n) is 9.16. The Labute approximate surface area is 89.5 Å². The van der Waals surface area contributed by atoms with E-state index in [2.05, 4.69) is 15.3 Å². The van der Waals surface area contributed by atoms with E-state index in [4.69, 9.17) is 5.73 Å². The molecule has 1 aromatic heterocycles. The second-order valence-electron chi connectivity index (χ2n) is 3.78. The fourth-order valence-electron chi connectivity index (χ4n) is 1.26. The van der Waals surface area contributed by atoms with E-state index >= 15 is 0 Å². The number of imidazole rings is 1. The average Bonchev–Trinajstić information content (AvgIpc) is 2.67. The van der Waals surface area contributed by atoms with Crippen LogP contribution in [0, 0.1) is 0 Å². The number of rotatable bonds is 5. The average molecular weight is 210 g/mol. The zero-order valence-corrected chi connectivity index (χ0v) is 9.16. The van der Waals surface area contributed by atoms with Crippen molar-refractivity contribution < 1.29 is 4.79 Å². The van der Waals surface area contributed by atoms with Crippen LogP contribution < -0.4 is 11.1 Å². The summed E-state index contributed by atoms with van der Waals surface area (Å²) in [5.41, 5.74) is 5.57. The van der Waals surface area contributed by atoms with Crippen LogP contribution in [0.5, 0.6) is 0 Å². The highest BCUT2D eigenvalue weighted by molar-refractivity contribution is 5.76. The quantitative estimate of drug-likeness (QED) is 0.669. The first kappa shape index (κ1) is 11.7. The number of aromatic amines is 1. The van der Waals surface area contributed by atoms with Gasteiger partial charge in [-0.05, 0) is 20.3 Å². The third kappa shape index (κ3) is 4.12. The molecule has 0 spiro atoms. The van der Waals surface area contributed by atoms with Crippen LogP contribution >= 0.6 is 0 Å². The molecule has 4 N–H and O–H groups in total. The van der Waals surface area contributed by atoms with E-state index in [1.54, 1.807) is 12.4 Å². The van der Waals surface area contributed by atoms with E-state index in [9.17, 15) is 4.79 Å². The van der Waals surface area contributed by atoms with Crippen LogP contribution in [-0.2, 0) is 4.79 Å². The van der Waals surface area contributed by atoms with Gasteiger partial charge in [-0.25, -0.2) is 4.98 Å². The highest BCUT2D eigenvalue weighted by atomic mass is 16.1. The van der Waals surface area contributed by atoms with Gasteiger partial charge in [0.05, 0.1) is 6.04 Å². The molecule has 84 valence electrons. The van der Waals surface area contributed by atoms with E-state index in [1.807, 2.05) is 13.8 Å². The van der Waals surface area contributed by atoms with Crippen LogP contribution in [-0.4, -0.2) is 21.9 Å². The summed E-state index contributed by atoms with van der Waals surface area (Å²) in [7, 11) is 0. The number of hydrogen-bond acceptors (Lipinski definition) is 3. The van der Waals surface area contributed by atoms with E-state index in [1.165, 1.54) is 0 Å². The number of amides is 1. The monoisotopic (exact) mass is 210 g/mol. The van der Waals surface area contributed by atoms with E-state index in [-0.39, 0.29) is 18.0 Å². The molecule has 0 aliphatic heterocycles. The predicted molar refractivity (Wildman–Crippen MR) is 58.0 cm³/mol. The smallest absolute Gasteiger partial charge is 0.220 e. The van der Waals surface area contributed by atoms with Gasteiger partial charge in [-0.2, -0.15) is 0 Å². The van der Waals surface area contributed by atoms with Gasteiger partial charge in [0.25, 0.3) is 0 Å². The van der Waals surface area contributed by atoms with Crippen molar-refractivity contribution in [2.24, 2.45) is 5.73 Å². The minimum Gasteiger partial charge on any atom is -0.347 e. The van der Waals surface area contributed by atoms with Crippen LogP contribution in [0.3, 0.4) is 0 Å². The summed E-state index contributed by atoms with van der Waals surface area (Å²) in [4.78, 5) is 18.5. The molecule has 0 saturated heterocycles. The standard InChI is InChI=1S/C10H18N4O/c1-7(11)3-4-9(15)14-8(2)10-12-5-6-13-10/h5-8H,3-4,11H2,1-2H3,(H,12,13)(H,14,15). The SMILES string of the molecule is CC(N)CCC(=O)NC(C)c1ncc[nH]1. The van der Waals surface area contributed by atoms with Crippen molar-refractivity contribution in [3.05, 3.63) is 18.2 Å². The third-order valence-electron chi connectivity index (χ3n) is 2.13. The summed E-state index contributed by atoms with van der Waals surface area (Å²) >= 11 is 0. The second-order valence-corrected chi connectivity index (χ2v) is 3.78. The largest absolute Gasteiger partial charge is 0.347 e. The van der Waals surface area contributed by atoms with Crippen molar-refractivity contribution in [3.8, 4) is 0 Å². The molecule has 0 aromatic carbocycles. The van der Waals surface area contributed by atoms with Crippen molar-refractivity contribution >= 4 is 5.91 Å². The Kier molecular flexibility index (Phi) is 4.30. The molecule has 0 bridgehead atoms. The summed E-state index contributed by atoms with van der Waals surface area (Å²) in [6.07, 6.45) is 4.57. The molecule has 15 heavy (non-hydrogen) atoms. The maximum atomic E-state index is 11.4. The molecule has 5 nitrogen and oxygen atoms in total. The molecule has 1 rings (SSSR count). The molecule has 0 aliphatic rings. The lowest BCUT2D eigenvalue weighted by Gasteiger charge is -2.12. The Morgan fingerprint density at radius 2 is 2.40 bits per heavy atom. The van der Waals surface area contributed by atoms with Gasteiger partial charge < -0.3 is 16.0 Å². The lowest BCUT2D eigenvalue weighted by Crippen LogP contribution is -2.28. The molecular weight excluding hydrogens is 192 g/mol. The van der Waals surface area contributed by atoms with Gasteiger partial charge in [-0.1, -0.05) is 0 Å². The van der Waals surface area contributed by atoms with E-state index in [0.29, 0.717) is 12.8 Å². The molecule has 1 aromatic rings. The lowest BCUT2D eigenvalue weighted by atomic mass is 10.2. The van der Waals surface area contributed by atoms with Gasteiger partial charge >= 0.3 is 0 Å². The van der Waals surface area contributed by atoms with Gasteiger partial charge in [0, 0.05) is 24.9 Å². The molecule has 1 amide bonds. The summed E-state index contributed by atoms with van der Waals surface area (Å²) < 4.78 is 0. The zero-order chi connectivity index (χ0) is 11.3. The van der Waals surface area contributed by atoms with Crippen LogP contribution in [0.1, 0.15) is 38.6 Å². The predicted octanol–water partition coefficient (Wildman–Crippen LogP) is 0.714. The Balaban J connectivity index is 2.32. The fraction of sp³-hybridized carbons (Fsp3) is 0.600. The van der Waals surface area contributed by atoms with Crippen molar-refractivity contribution in [1.82, 2.24) is 15.3 Å². The number of nitrogens with one attached hydrogen (secondary N) is 2. The topological polar surface area (TPSA) is 83.8 Å². The maximum absolute atomic E-state index is 11.4. The van der Waals surface area contributed by atoms with E-state index < -0.39 is 0 Å². The molecule has 0 aliphatic carbocycles. The number of nitrogens with zero attached hydrogens (tertiary/aromatic N) is 1. The van der Waals surface area contributed by atoms with E-state index in [0.717, 1.165) is 5.82 Å². The third-order valence-corrected chi connectivity index (χ3v) is 2.13. The number of nitrogens with two attached hydrogens (primary N) is 1. The molecular formula is C10H18N4O. The Morgan fingerprint density at radius 3 is 2.93 bits per heavy atom. The van der Waals surface area contributed by atoms with Crippen molar-refractivity contribution in [1.29, 1.82) is 0 Å².